The minimum atomic E-state index is -0.743. The quantitative estimate of drug-likeness (QED) is 0.826. The summed E-state index contributed by atoms with van der Waals surface area (Å²) in [5.41, 5.74) is 6.75. The number of morpholine rings is 1. The highest BCUT2D eigenvalue weighted by Gasteiger charge is 2.34. The van der Waals surface area contributed by atoms with Gasteiger partial charge in [-0.3, -0.25) is 9.69 Å². The molecule has 2 fully saturated rings. The number of aromatic nitrogens is 1. The summed E-state index contributed by atoms with van der Waals surface area (Å²) in [6, 6.07) is 3.95. The monoisotopic (exact) mass is 387 g/mol. The van der Waals surface area contributed by atoms with Crippen LogP contribution in [0, 0.1) is 6.92 Å². The van der Waals surface area contributed by atoms with Gasteiger partial charge in [0.25, 0.3) is 5.91 Å². The maximum atomic E-state index is 12.9. The highest BCUT2D eigenvalue weighted by Crippen LogP contribution is 2.30. The van der Waals surface area contributed by atoms with Gasteiger partial charge in [-0.15, -0.1) is 0 Å². The number of pyridine rings is 1. The van der Waals surface area contributed by atoms with Crippen molar-refractivity contribution in [2.75, 3.05) is 38.2 Å². The second-order valence-electron chi connectivity index (χ2n) is 7.46. The number of primary amides is 1. The Bertz CT molecular complexity index is 911. The lowest BCUT2D eigenvalue weighted by atomic mass is 10.1. The molecule has 2 aliphatic heterocycles. The predicted octanol–water partition coefficient (Wildman–Crippen LogP) is 1.56. The van der Waals surface area contributed by atoms with Crippen LogP contribution in [0.4, 0.5) is 10.5 Å². The average molecular weight is 387 g/mol. The van der Waals surface area contributed by atoms with Gasteiger partial charge in [-0.1, -0.05) is 0 Å². The van der Waals surface area contributed by atoms with Gasteiger partial charge in [-0.2, -0.15) is 0 Å². The van der Waals surface area contributed by atoms with Crippen LogP contribution in [0.15, 0.2) is 16.5 Å². The van der Waals surface area contributed by atoms with Crippen LogP contribution in [0.5, 0.6) is 0 Å². The summed E-state index contributed by atoms with van der Waals surface area (Å²) in [6.07, 6.45) is 0.910. The van der Waals surface area contributed by atoms with E-state index < -0.39 is 5.91 Å². The maximum absolute atomic E-state index is 12.9. The van der Waals surface area contributed by atoms with Crippen LogP contribution < -0.4 is 11.1 Å². The summed E-state index contributed by atoms with van der Waals surface area (Å²) < 4.78 is 11.0. The van der Waals surface area contributed by atoms with Gasteiger partial charge < -0.3 is 25.1 Å². The first kappa shape index (κ1) is 18.7. The highest BCUT2D eigenvalue weighted by molar-refractivity contribution is 6.09. The number of ether oxygens (including phenoxy) is 1. The fourth-order valence-electron chi connectivity index (χ4n) is 4.03. The van der Waals surface area contributed by atoms with Gasteiger partial charge in [-0.05, 0) is 32.4 Å². The number of likely N-dealkylation sites (tertiary alicyclic amines) is 1. The number of carbonyl (C=O) groups is 2. The van der Waals surface area contributed by atoms with Crippen LogP contribution in [0.2, 0.25) is 0 Å². The zero-order valence-corrected chi connectivity index (χ0v) is 16.1. The number of aryl methyl sites for hydroxylation is 1. The zero-order chi connectivity index (χ0) is 19.8. The van der Waals surface area contributed by atoms with Crippen molar-refractivity contribution in [2.45, 2.75) is 32.4 Å². The molecule has 150 valence electrons. The van der Waals surface area contributed by atoms with E-state index in [1.54, 1.807) is 17.0 Å². The summed E-state index contributed by atoms with van der Waals surface area (Å²) in [6.45, 7) is 7.58. The second kappa shape index (κ2) is 7.40. The number of hydrogen-bond acceptors (Lipinski definition) is 6. The maximum Gasteiger partial charge on any atom is 0.322 e. The molecule has 0 bridgehead atoms. The van der Waals surface area contributed by atoms with Crippen LogP contribution in [-0.4, -0.2) is 71.7 Å². The molecule has 2 aliphatic rings. The minimum absolute atomic E-state index is 0.0843. The van der Waals surface area contributed by atoms with E-state index in [1.807, 2.05) is 6.92 Å². The number of urea groups is 1. The van der Waals surface area contributed by atoms with E-state index in [0.717, 1.165) is 31.9 Å². The predicted molar refractivity (Wildman–Crippen MR) is 103 cm³/mol. The summed E-state index contributed by atoms with van der Waals surface area (Å²) in [5, 5.41) is 3.38. The van der Waals surface area contributed by atoms with E-state index >= 15 is 0 Å². The molecule has 9 nitrogen and oxygen atoms in total. The Balaban J connectivity index is 1.51. The lowest BCUT2D eigenvalue weighted by molar-refractivity contribution is -0.0192. The minimum Gasteiger partial charge on any atom is -0.430 e. The molecule has 0 aliphatic carbocycles. The first-order chi connectivity index (χ1) is 13.4. The Labute approximate surface area is 162 Å². The number of nitrogens with one attached hydrogen (secondary N) is 1. The third-order valence-electron chi connectivity index (χ3n) is 5.49. The summed E-state index contributed by atoms with van der Waals surface area (Å²) in [7, 11) is 0. The van der Waals surface area contributed by atoms with E-state index in [-0.39, 0.29) is 23.2 Å². The molecule has 28 heavy (non-hydrogen) atoms. The fourth-order valence-corrected chi connectivity index (χ4v) is 4.03. The van der Waals surface area contributed by atoms with Gasteiger partial charge >= 0.3 is 6.03 Å². The molecule has 2 aromatic heterocycles. The van der Waals surface area contributed by atoms with Crippen molar-refractivity contribution >= 4 is 28.7 Å². The van der Waals surface area contributed by atoms with Gasteiger partial charge in [0, 0.05) is 37.4 Å². The number of nitrogens with zero attached hydrogens (tertiary/aromatic N) is 3. The summed E-state index contributed by atoms with van der Waals surface area (Å²) >= 11 is 0. The Morgan fingerprint density at radius 2 is 2.14 bits per heavy atom. The van der Waals surface area contributed by atoms with Gasteiger partial charge in [0.05, 0.1) is 18.6 Å². The van der Waals surface area contributed by atoms with Crippen molar-refractivity contribution in [3.63, 3.8) is 0 Å². The standard InChI is InChI=1S/C19H25N5O4/c1-11-3-4-14-15(16(17(20)25)28-18(14)21-11)22-19(26)23-6-5-13(9-23)24-7-8-27-10-12(24)2/h3-4,12-13H,5-10H2,1-2H3,(H2,20,25)(H,22,26)/t12-,13+/m0/s1. The zero-order valence-electron chi connectivity index (χ0n) is 16.1. The van der Waals surface area contributed by atoms with Crippen molar-refractivity contribution < 1.29 is 18.7 Å². The van der Waals surface area contributed by atoms with Gasteiger partial charge in [-0.25, -0.2) is 9.78 Å². The lowest BCUT2D eigenvalue weighted by Gasteiger charge is -2.37. The molecule has 4 heterocycles. The first-order valence-corrected chi connectivity index (χ1v) is 9.53. The number of furan rings is 1. The Morgan fingerprint density at radius 1 is 1.32 bits per heavy atom. The van der Waals surface area contributed by atoms with Gasteiger partial charge in [0.1, 0.15) is 5.69 Å². The molecule has 9 heteroatoms. The molecule has 0 saturated carbocycles. The summed E-state index contributed by atoms with van der Waals surface area (Å²) in [4.78, 5) is 33.1. The average Bonchev–Trinajstić information content (AvgIpc) is 3.27. The Morgan fingerprint density at radius 3 is 2.89 bits per heavy atom. The van der Waals surface area contributed by atoms with Crippen LogP contribution >= 0.6 is 0 Å². The van der Waals surface area contributed by atoms with Crippen molar-refractivity contribution in [3.05, 3.63) is 23.6 Å². The molecular weight excluding hydrogens is 362 g/mol. The van der Waals surface area contributed by atoms with Crippen LogP contribution in [0.1, 0.15) is 29.6 Å². The van der Waals surface area contributed by atoms with Crippen LogP contribution in [-0.2, 0) is 4.74 Å². The van der Waals surface area contributed by atoms with E-state index in [0.29, 0.717) is 30.6 Å². The number of amides is 3. The molecule has 0 aromatic carbocycles. The fraction of sp³-hybridized carbons (Fsp3) is 0.526. The molecule has 3 N–H and O–H groups in total. The molecule has 0 spiro atoms. The van der Waals surface area contributed by atoms with Crippen LogP contribution in [0.3, 0.4) is 0 Å². The number of carbonyl (C=O) groups excluding carboxylic acids is 2. The molecule has 4 rings (SSSR count). The molecule has 0 unspecified atom stereocenters. The van der Waals surface area contributed by atoms with E-state index in [9.17, 15) is 9.59 Å². The van der Waals surface area contributed by atoms with Crippen molar-refractivity contribution in [2.24, 2.45) is 5.73 Å². The number of anilines is 1. The van der Waals surface area contributed by atoms with E-state index in [1.165, 1.54) is 0 Å². The molecule has 2 atom stereocenters. The van der Waals surface area contributed by atoms with Crippen molar-refractivity contribution in [3.8, 4) is 0 Å². The van der Waals surface area contributed by atoms with Crippen LogP contribution in [0.25, 0.3) is 11.1 Å². The van der Waals surface area contributed by atoms with E-state index in [4.69, 9.17) is 14.9 Å². The number of rotatable bonds is 3. The van der Waals surface area contributed by atoms with E-state index in [2.05, 4.69) is 22.1 Å². The molecule has 0 radical (unpaired) electrons. The topological polar surface area (TPSA) is 114 Å². The Kier molecular flexibility index (Phi) is 4.94. The summed E-state index contributed by atoms with van der Waals surface area (Å²) in [5.74, 6) is -0.827. The molecule has 2 saturated heterocycles. The first-order valence-electron chi connectivity index (χ1n) is 9.53. The normalized spacial score (nSPS) is 23.3. The van der Waals surface area contributed by atoms with Gasteiger partial charge in [0.15, 0.2) is 0 Å². The highest BCUT2D eigenvalue weighted by atomic mass is 16.5. The van der Waals surface area contributed by atoms with Crippen molar-refractivity contribution in [1.29, 1.82) is 0 Å². The lowest BCUT2D eigenvalue weighted by Crippen LogP contribution is -2.50. The molecule has 3 amide bonds. The number of hydrogen-bond donors (Lipinski definition) is 2. The SMILES string of the molecule is Cc1ccc2c(NC(=O)N3CC[C@@H](N4CCOC[C@@H]4C)C3)c(C(N)=O)oc2n1. The number of fused-ring (bicyclic) bond motifs is 1. The third kappa shape index (κ3) is 3.43. The largest absolute Gasteiger partial charge is 0.430 e. The van der Waals surface area contributed by atoms with Crippen molar-refractivity contribution in [1.82, 2.24) is 14.8 Å². The van der Waals surface area contributed by atoms with Gasteiger partial charge in [0.2, 0.25) is 11.5 Å². The molecule has 2 aromatic rings. The second-order valence-corrected chi connectivity index (χ2v) is 7.46. The third-order valence-corrected chi connectivity index (χ3v) is 5.49. The number of nitrogens with two attached hydrogens (primary N) is 1. The smallest absolute Gasteiger partial charge is 0.322 e. The molecular formula is C19H25N5O4. The Hall–Kier alpha value is -2.65.